The summed E-state index contributed by atoms with van der Waals surface area (Å²) in [5, 5.41) is 1.12. The number of carbonyl (C=O) groups is 1. The maximum Gasteiger partial charge on any atom is 0.181 e. The molecule has 0 aliphatic carbocycles. The van der Waals surface area contributed by atoms with Crippen LogP contribution in [-0.4, -0.2) is 10.8 Å². The van der Waals surface area contributed by atoms with Crippen molar-refractivity contribution in [1.29, 1.82) is 0 Å². The second kappa shape index (κ2) is 5.12. The second-order valence-electron chi connectivity index (χ2n) is 6.33. The Kier molecular flexibility index (Phi) is 3.70. The zero-order valence-electron chi connectivity index (χ0n) is 12.2. The van der Waals surface area contributed by atoms with Crippen molar-refractivity contribution in [3.8, 4) is 0 Å². The third-order valence-corrected chi connectivity index (χ3v) is 3.31. The van der Waals surface area contributed by atoms with Gasteiger partial charge in [0.25, 0.3) is 0 Å². The van der Waals surface area contributed by atoms with Crippen molar-refractivity contribution in [2.75, 3.05) is 0 Å². The highest BCUT2D eigenvalue weighted by atomic mass is 16.1. The Bertz CT molecular complexity index is 608. The van der Waals surface area contributed by atoms with E-state index in [1.54, 1.807) is 0 Å². The van der Waals surface area contributed by atoms with Gasteiger partial charge in [0, 0.05) is 11.8 Å². The molecule has 1 aromatic carbocycles. The molecule has 0 aliphatic heterocycles. The van der Waals surface area contributed by atoms with E-state index in [1.807, 2.05) is 37.3 Å². The zero-order chi connectivity index (χ0) is 14.0. The van der Waals surface area contributed by atoms with Crippen LogP contribution in [0.4, 0.5) is 0 Å². The van der Waals surface area contributed by atoms with Gasteiger partial charge in [-0.15, -0.1) is 0 Å². The molecule has 1 aromatic heterocycles. The van der Waals surface area contributed by atoms with Gasteiger partial charge in [-0.05, 0) is 36.5 Å². The first kappa shape index (κ1) is 13.7. The zero-order valence-corrected chi connectivity index (χ0v) is 12.2. The van der Waals surface area contributed by atoms with Crippen LogP contribution in [0.5, 0.6) is 0 Å². The lowest BCUT2D eigenvalue weighted by Gasteiger charge is -2.17. The molecule has 2 nitrogen and oxygen atoms in total. The summed E-state index contributed by atoms with van der Waals surface area (Å²) in [6.07, 6.45) is 1.45. The van der Waals surface area contributed by atoms with Crippen molar-refractivity contribution in [3.63, 3.8) is 0 Å². The van der Waals surface area contributed by atoms with Gasteiger partial charge in [-0.3, -0.25) is 4.79 Å². The van der Waals surface area contributed by atoms with Gasteiger partial charge in [0.1, 0.15) is 5.69 Å². The number of rotatable bonds is 3. The van der Waals surface area contributed by atoms with Crippen molar-refractivity contribution >= 4 is 16.7 Å². The van der Waals surface area contributed by atoms with E-state index in [-0.39, 0.29) is 11.2 Å². The van der Waals surface area contributed by atoms with Gasteiger partial charge in [-0.25, -0.2) is 4.98 Å². The number of benzene rings is 1. The fourth-order valence-electron chi connectivity index (χ4n) is 2.11. The number of fused-ring (bicyclic) bond motifs is 1. The summed E-state index contributed by atoms with van der Waals surface area (Å²) in [7, 11) is 0. The van der Waals surface area contributed by atoms with Gasteiger partial charge in [0.05, 0.1) is 5.52 Å². The second-order valence-corrected chi connectivity index (χ2v) is 6.33. The van der Waals surface area contributed by atoms with Gasteiger partial charge in [-0.1, -0.05) is 39.0 Å². The number of aryl methyl sites for hydroxylation is 1. The molecule has 19 heavy (non-hydrogen) atoms. The third kappa shape index (κ3) is 3.40. The number of ketones is 1. The molecule has 0 fully saturated rings. The maximum absolute atomic E-state index is 12.2. The number of nitrogens with zero attached hydrogens (tertiary/aromatic N) is 1. The molecular formula is C17H21NO. The minimum absolute atomic E-state index is 0.142. The van der Waals surface area contributed by atoms with Crippen LogP contribution in [0.25, 0.3) is 10.9 Å². The molecule has 0 N–H and O–H groups in total. The van der Waals surface area contributed by atoms with E-state index in [0.717, 1.165) is 22.9 Å². The molecule has 0 spiro atoms. The number of hydrogen-bond acceptors (Lipinski definition) is 2. The highest BCUT2D eigenvalue weighted by molar-refractivity contribution is 5.97. The molecule has 0 saturated heterocycles. The number of carbonyl (C=O) groups excluding carboxylic acids is 1. The van der Waals surface area contributed by atoms with Crippen molar-refractivity contribution < 1.29 is 4.79 Å². The lowest BCUT2D eigenvalue weighted by molar-refractivity contribution is 0.0961. The summed E-state index contributed by atoms with van der Waals surface area (Å²) in [6, 6.07) is 9.87. The molecule has 2 aromatic rings. The summed E-state index contributed by atoms with van der Waals surface area (Å²) in [4.78, 5) is 16.7. The first-order valence-electron chi connectivity index (χ1n) is 6.76. The summed E-state index contributed by atoms with van der Waals surface area (Å²) in [5.74, 6) is 0.142. The number of hydrogen-bond donors (Lipinski definition) is 0. The first-order chi connectivity index (χ1) is 8.87. The fourth-order valence-corrected chi connectivity index (χ4v) is 2.11. The molecule has 1 heterocycles. The summed E-state index contributed by atoms with van der Waals surface area (Å²) >= 11 is 0. The fraction of sp³-hybridized carbons (Fsp3) is 0.412. The van der Waals surface area contributed by atoms with Gasteiger partial charge < -0.3 is 0 Å². The minimum Gasteiger partial charge on any atom is -0.292 e. The van der Waals surface area contributed by atoms with Crippen LogP contribution in [-0.2, 0) is 0 Å². The Hall–Kier alpha value is -1.70. The molecule has 0 amide bonds. The quantitative estimate of drug-likeness (QED) is 0.753. The van der Waals surface area contributed by atoms with E-state index >= 15 is 0 Å². The van der Waals surface area contributed by atoms with Crippen LogP contribution in [0.15, 0.2) is 30.3 Å². The number of Topliss-reactive ketones (excluding diaryl/α,β-unsaturated/α-hetero) is 1. The van der Waals surface area contributed by atoms with Crippen LogP contribution >= 0.6 is 0 Å². The predicted octanol–water partition coefficient (Wildman–Crippen LogP) is 4.55. The lowest BCUT2D eigenvalue weighted by atomic mass is 9.89. The molecule has 0 atom stereocenters. The summed E-state index contributed by atoms with van der Waals surface area (Å²) in [6.45, 7) is 8.49. The minimum atomic E-state index is 0.142. The lowest BCUT2D eigenvalue weighted by Crippen LogP contribution is -2.10. The topological polar surface area (TPSA) is 30.0 Å². The number of aromatic nitrogens is 1. The monoisotopic (exact) mass is 255 g/mol. The van der Waals surface area contributed by atoms with E-state index in [2.05, 4.69) is 25.8 Å². The van der Waals surface area contributed by atoms with E-state index in [0.29, 0.717) is 12.1 Å². The Balaban J connectivity index is 2.28. The van der Waals surface area contributed by atoms with Gasteiger partial charge in [0.15, 0.2) is 5.78 Å². The average Bonchev–Trinajstić information content (AvgIpc) is 2.35. The van der Waals surface area contributed by atoms with Crippen molar-refractivity contribution in [2.24, 2.45) is 5.41 Å². The average molecular weight is 255 g/mol. The largest absolute Gasteiger partial charge is 0.292 e. The maximum atomic E-state index is 12.2. The van der Waals surface area contributed by atoms with Gasteiger partial charge >= 0.3 is 0 Å². The molecule has 0 aliphatic rings. The van der Waals surface area contributed by atoms with E-state index in [1.165, 1.54) is 0 Å². The molecule has 0 unspecified atom stereocenters. The molecule has 2 rings (SSSR count). The van der Waals surface area contributed by atoms with Crippen molar-refractivity contribution in [1.82, 2.24) is 4.98 Å². The molecular weight excluding hydrogens is 234 g/mol. The molecule has 2 heteroatoms. The van der Waals surface area contributed by atoms with Crippen molar-refractivity contribution in [2.45, 2.75) is 40.5 Å². The van der Waals surface area contributed by atoms with Crippen LogP contribution in [0, 0.1) is 12.3 Å². The van der Waals surface area contributed by atoms with Crippen molar-refractivity contribution in [3.05, 3.63) is 41.6 Å². The van der Waals surface area contributed by atoms with Crippen LogP contribution in [0.3, 0.4) is 0 Å². The SMILES string of the molecule is Cc1cc(C(=O)CCC(C)(C)C)nc2ccccc12. The smallest absolute Gasteiger partial charge is 0.181 e. The standard InChI is InChI=1S/C17H21NO/c1-12-11-15(16(19)9-10-17(2,3)4)18-14-8-6-5-7-13(12)14/h5-8,11H,9-10H2,1-4H3. The normalized spacial score (nSPS) is 11.8. The van der Waals surface area contributed by atoms with Gasteiger partial charge in [0.2, 0.25) is 0 Å². The molecule has 0 bridgehead atoms. The third-order valence-electron chi connectivity index (χ3n) is 3.31. The van der Waals surface area contributed by atoms with E-state index < -0.39 is 0 Å². The molecule has 0 saturated carbocycles. The molecule has 100 valence electrons. The number of pyridine rings is 1. The highest BCUT2D eigenvalue weighted by Gasteiger charge is 2.15. The van der Waals surface area contributed by atoms with Gasteiger partial charge in [-0.2, -0.15) is 0 Å². The number of para-hydroxylation sites is 1. The first-order valence-corrected chi connectivity index (χ1v) is 6.76. The Labute approximate surface area is 114 Å². The summed E-state index contributed by atoms with van der Waals surface area (Å²) in [5.41, 5.74) is 2.80. The Morgan fingerprint density at radius 1 is 1.21 bits per heavy atom. The molecule has 0 radical (unpaired) electrons. The summed E-state index contributed by atoms with van der Waals surface area (Å²) < 4.78 is 0. The highest BCUT2D eigenvalue weighted by Crippen LogP contribution is 2.23. The van der Waals surface area contributed by atoms with Crippen LogP contribution in [0.2, 0.25) is 0 Å². The van der Waals surface area contributed by atoms with E-state index in [4.69, 9.17) is 0 Å². The van der Waals surface area contributed by atoms with E-state index in [9.17, 15) is 4.79 Å². The Morgan fingerprint density at radius 2 is 1.89 bits per heavy atom. The predicted molar refractivity (Wildman–Crippen MR) is 79.5 cm³/mol. The Morgan fingerprint density at radius 3 is 2.58 bits per heavy atom. The van der Waals surface area contributed by atoms with Crippen LogP contribution in [0.1, 0.15) is 49.7 Å². The van der Waals surface area contributed by atoms with Crippen LogP contribution < -0.4 is 0 Å².